The van der Waals surface area contributed by atoms with E-state index in [0.717, 1.165) is 5.69 Å². The first-order valence-electron chi connectivity index (χ1n) is 8.83. The molecule has 0 bridgehead atoms. The van der Waals surface area contributed by atoms with E-state index in [-0.39, 0.29) is 4.90 Å². The minimum atomic E-state index is -4.28. The smallest absolute Gasteiger partial charge is 0.225 e. The summed E-state index contributed by atoms with van der Waals surface area (Å²) in [6.45, 7) is 5.21. The standard InChI is InChI=1S/C20H27FN2O3S2/c1-20(2,3)27(24)22-18(15-11-13-16(14-12-15)23(4)5)19(21)28(25,26)17-9-7-6-8-10-17/h6-14,18-19,22H,1-5H3/t18-,19-,27+/m0/s1. The van der Waals surface area contributed by atoms with Crippen LogP contribution in [0, 0.1) is 0 Å². The molecule has 5 nitrogen and oxygen atoms in total. The monoisotopic (exact) mass is 426 g/mol. The zero-order valence-corrected chi connectivity index (χ0v) is 18.4. The maximum absolute atomic E-state index is 15.4. The summed E-state index contributed by atoms with van der Waals surface area (Å²) in [7, 11) is -2.19. The molecule has 0 spiro atoms. The van der Waals surface area contributed by atoms with Crippen molar-refractivity contribution in [2.45, 2.75) is 42.0 Å². The van der Waals surface area contributed by atoms with Crippen LogP contribution in [-0.2, 0) is 20.8 Å². The van der Waals surface area contributed by atoms with Crippen LogP contribution in [0.3, 0.4) is 0 Å². The van der Waals surface area contributed by atoms with Crippen LogP contribution in [0.4, 0.5) is 10.1 Å². The molecule has 0 fully saturated rings. The third-order valence-corrected chi connectivity index (χ3v) is 7.56. The Labute approximate surface area is 169 Å². The molecule has 0 saturated carbocycles. The highest BCUT2D eigenvalue weighted by atomic mass is 32.2. The molecule has 2 rings (SSSR count). The number of alkyl halides is 1. The number of hydrogen-bond acceptors (Lipinski definition) is 4. The van der Waals surface area contributed by atoms with E-state index in [1.807, 2.05) is 19.0 Å². The summed E-state index contributed by atoms with van der Waals surface area (Å²) in [5.41, 5.74) is -0.998. The number of nitrogens with one attached hydrogen (secondary N) is 1. The molecule has 3 atom stereocenters. The van der Waals surface area contributed by atoms with Crippen LogP contribution in [0.25, 0.3) is 0 Å². The van der Waals surface area contributed by atoms with E-state index >= 15 is 4.39 Å². The Hall–Kier alpha value is -1.77. The molecule has 154 valence electrons. The van der Waals surface area contributed by atoms with Crippen molar-refractivity contribution in [1.82, 2.24) is 4.72 Å². The third kappa shape index (κ3) is 5.18. The van der Waals surface area contributed by atoms with Crippen LogP contribution in [-0.4, -0.2) is 37.0 Å². The Morgan fingerprint density at radius 2 is 1.54 bits per heavy atom. The number of anilines is 1. The van der Waals surface area contributed by atoms with Crippen LogP contribution in [0.15, 0.2) is 59.5 Å². The molecule has 28 heavy (non-hydrogen) atoms. The molecule has 1 N–H and O–H groups in total. The normalized spacial score (nSPS) is 15.6. The zero-order valence-electron chi connectivity index (χ0n) is 16.7. The lowest BCUT2D eigenvalue weighted by atomic mass is 10.1. The summed E-state index contributed by atoms with van der Waals surface area (Å²) in [6, 6.07) is 13.0. The maximum atomic E-state index is 15.4. The first-order chi connectivity index (χ1) is 12.9. The summed E-state index contributed by atoms with van der Waals surface area (Å²) < 4.78 is 55.7. The van der Waals surface area contributed by atoms with Gasteiger partial charge in [-0.2, -0.15) is 0 Å². The van der Waals surface area contributed by atoms with Crippen molar-refractivity contribution in [2.75, 3.05) is 19.0 Å². The summed E-state index contributed by atoms with van der Waals surface area (Å²) in [4.78, 5) is 1.77. The molecule has 2 aromatic rings. The van der Waals surface area contributed by atoms with Crippen LogP contribution in [0.2, 0.25) is 0 Å². The quantitative estimate of drug-likeness (QED) is 0.734. The molecule has 0 saturated heterocycles. The van der Waals surface area contributed by atoms with Gasteiger partial charge < -0.3 is 4.90 Å². The first kappa shape index (κ1) is 22.5. The van der Waals surface area contributed by atoms with Gasteiger partial charge in [0.15, 0.2) is 0 Å². The van der Waals surface area contributed by atoms with Gasteiger partial charge in [0.1, 0.15) is 0 Å². The fourth-order valence-corrected chi connectivity index (χ4v) is 4.77. The highest BCUT2D eigenvalue weighted by molar-refractivity contribution is 7.92. The molecule has 0 aliphatic heterocycles. The lowest BCUT2D eigenvalue weighted by molar-refractivity contribution is 0.354. The van der Waals surface area contributed by atoms with E-state index in [9.17, 15) is 12.6 Å². The third-order valence-electron chi connectivity index (χ3n) is 4.19. The molecule has 0 aliphatic carbocycles. The van der Waals surface area contributed by atoms with Crippen molar-refractivity contribution < 1.29 is 17.0 Å². The fraction of sp³-hybridized carbons (Fsp3) is 0.400. The Bertz CT molecular complexity index is 909. The molecule has 0 aliphatic rings. The van der Waals surface area contributed by atoms with E-state index in [0.29, 0.717) is 5.56 Å². The van der Waals surface area contributed by atoms with Crippen LogP contribution in [0.1, 0.15) is 32.4 Å². The minimum absolute atomic E-state index is 0.110. The second-order valence-electron chi connectivity index (χ2n) is 7.67. The lowest BCUT2D eigenvalue weighted by Gasteiger charge is -2.27. The maximum Gasteiger partial charge on any atom is 0.225 e. The first-order valence-corrected chi connectivity index (χ1v) is 11.5. The number of hydrogen-bond donors (Lipinski definition) is 1. The number of halogens is 1. The van der Waals surface area contributed by atoms with Crippen molar-refractivity contribution >= 4 is 26.5 Å². The van der Waals surface area contributed by atoms with Crippen molar-refractivity contribution in [3.63, 3.8) is 0 Å². The topological polar surface area (TPSA) is 66.5 Å². The van der Waals surface area contributed by atoms with Gasteiger partial charge in [0.05, 0.1) is 26.7 Å². The van der Waals surface area contributed by atoms with E-state index in [1.165, 1.54) is 12.1 Å². The minimum Gasteiger partial charge on any atom is -0.378 e. The molecule has 0 heterocycles. The van der Waals surface area contributed by atoms with Crippen LogP contribution >= 0.6 is 0 Å². The number of nitrogens with zero attached hydrogens (tertiary/aromatic N) is 1. The SMILES string of the molecule is CN(C)c1ccc([C@H](N[S@](=O)C(C)(C)C)[C@@H](F)S(=O)(=O)c2ccccc2)cc1. The Kier molecular flexibility index (Phi) is 7.01. The van der Waals surface area contributed by atoms with E-state index in [1.54, 1.807) is 63.2 Å². The molecule has 0 radical (unpaired) electrons. The Morgan fingerprint density at radius 3 is 2.00 bits per heavy atom. The van der Waals surface area contributed by atoms with Gasteiger partial charge in [-0.3, -0.25) is 0 Å². The van der Waals surface area contributed by atoms with E-state index < -0.39 is 37.1 Å². The van der Waals surface area contributed by atoms with Crippen molar-refractivity contribution in [1.29, 1.82) is 0 Å². The van der Waals surface area contributed by atoms with E-state index in [2.05, 4.69) is 4.72 Å². The van der Waals surface area contributed by atoms with Crippen molar-refractivity contribution in [3.05, 3.63) is 60.2 Å². The summed E-state index contributed by atoms with van der Waals surface area (Å²) in [6.07, 6.45) is 0. The molecule has 8 heteroatoms. The van der Waals surface area contributed by atoms with Gasteiger partial charge >= 0.3 is 0 Å². The molecule has 0 amide bonds. The predicted octanol–water partition coefficient (Wildman–Crippen LogP) is 3.62. The van der Waals surface area contributed by atoms with Gasteiger partial charge in [0, 0.05) is 19.8 Å². The van der Waals surface area contributed by atoms with Gasteiger partial charge in [-0.1, -0.05) is 30.3 Å². The number of sulfone groups is 1. The summed E-state index contributed by atoms with van der Waals surface area (Å²) in [5, 5.41) is 0. The second kappa shape index (κ2) is 8.71. The highest BCUT2D eigenvalue weighted by Gasteiger charge is 2.38. The second-order valence-corrected chi connectivity index (χ2v) is 11.7. The molecule has 2 aromatic carbocycles. The predicted molar refractivity (Wildman–Crippen MR) is 113 cm³/mol. The van der Waals surface area contributed by atoms with E-state index in [4.69, 9.17) is 0 Å². The van der Waals surface area contributed by atoms with Gasteiger partial charge in [-0.25, -0.2) is 21.7 Å². The largest absolute Gasteiger partial charge is 0.378 e. The van der Waals surface area contributed by atoms with Crippen molar-refractivity contribution in [2.24, 2.45) is 0 Å². The average molecular weight is 427 g/mol. The Balaban J connectivity index is 2.47. The van der Waals surface area contributed by atoms with Gasteiger partial charge in [0.25, 0.3) is 0 Å². The highest BCUT2D eigenvalue weighted by Crippen LogP contribution is 2.30. The lowest BCUT2D eigenvalue weighted by Crippen LogP contribution is -2.41. The van der Waals surface area contributed by atoms with Gasteiger partial charge in [-0.15, -0.1) is 0 Å². The van der Waals surface area contributed by atoms with Crippen LogP contribution < -0.4 is 9.62 Å². The zero-order chi connectivity index (χ0) is 21.1. The molecule has 0 aromatic heterocycles. The number of benzene rings is 2. The average Bonchev–Trinajstić information content (AvgIpc) is 2.65. The molecular weight excluding hydrogens is 399 g/mol. The summed E-state index contributed by atoms with van der Waals surface area (Å²) in [5.74, 6) is 0. The van der Waals surface area contributed by atoms with Gasteiger partial charge in [0.2, 0.25) is 15.3 Å². The Morgan fingerprint density at radius 1 is 1.00 bits per heavy atom. The molecular formula is C20H27FN2O3S2. The van der Waals surface area contributed by atoms with Gasteiger partial charge in [-0.05, 0) is 50.6 Å². The summed E-state index contributed by atoms with van der Waals surface area (Å²) >= 11 is 0. The van der Waals surface area contributed by atoms with Crippen LogP contribution in [0.5, 0.6) is 0 Å². The number of rotatable bonds is 7. The van der Waals surface area contributed by atoms with Crippen molar-refractivity contribution in [3.8, 4) is 0 Å². The molecule has 0 unspecified atom stereocenters. The fourth-order valence-electron chi connectivity index (χ4n) is 2.46.